The molecule has 2 aromatic rings. The van der Waals surface area contributed by atoms with Crippen LogP contribution < -0.4 is 5.56 Å². The number of halogens is 2. The predicted octanol–water partition coefficient (Wildman–Crippen LogP) is 1.72. The zero-order valence-corrected chi connectivity index (χ0v) is 10.3. The van der Waals surface area contributed by atoms with Crippen LogP contribution >= 0.6 is 11.6 Å². The summed E-state index contributed by atoms with van der Waals surface area (Å²) in [5, 5.41) is 13.9. The quantitative estimate of drug-likeness (QED) is 0.834. The minimum atomic E-state index is -0.670. The monoisotopic (exact) mass is 282 g/mol. The lowest BCUT2D eigenvalue weighted by atomic mass is 10.00. The molecule has 0 atom stereocenters. The van der Waals surface area contributed by atoms with Gasteiger partial charge in [0.05, 0.1) is 0 Å². The highest BCUT2D eigenvalue weighted by molar-refractivity contribution is 6.37. The molecule has 3 rings (SSSR count). The van der Waals surface area contributed by atoms with Crippen LogP contribution in [0.4, 0.5) is 4.39 Å². The van der Waals surface area contributed by atoms with Crippen LogP contribution in [0.2, 0.25) is 0 Å². The van der Waals surface area contributed by atoms with Crippen molar-refractivity contribution < 1.29 is 9.50 Å². The third-order valence-corrected chi connectivity index (χ3v) is 3.22. The SMILES string of the molecule is O=c1[nH]c2ncnn2c(O)c1C1=C(F)CCC=C1Cl. The minimum Gasteiger partial charge on any atom is -0.493 e. The van der Waals surface area contributed by atoms with Gasteiger partial charge in [-0.15, -0.1) is 0 Å². The number of H-pyrrole nitrogens is 1. The van der Waals surface area contributed by atoms with Gasteiger partial charge in [0.1, 0.15) is 17.7 Å². The number of hydrogen-bond donors (Lipinski definition) is 2. The Bertz CT molecular complexity index is 790. The molecule has 98 valence electrons. The summed E-state index contributed by atoms with van der Waals surface area (Å²) in [5.74, 6) is -0.953. The summed E-state index contributed by atoms with van der Waals surface area (Å²) >= 11 is 5.94. The summed E-state index contributed by atoms with van der Waals surface area (Å²) in [7, 11) is 0. The number of fused-ring (bicyclic) bond motifs is 1. The van der Waals surface area contributed by atoms with Gasteiger partial charge < -0.3 is 5.11 Å². The van der Waals surface area contributed by atoms with E-state index in [1.54, 1.807) is 6.08 Å². The maximum absolute atomic E-state index is 13.9. The van der Waals surface area contributed by atoms with E-state index in [-0.39, 0.29) is 28.4 Å². The number of nitrogens with zero attached hydrogens (tertiary/aromatic N) is 3. The fourth-order valence-corrected chi connectivity index (χ4v) is 2.32. The number of aromatic hydroxyl groups is 1. The first kappa shape index (κ1) is 11.9. The van der Waals surface area contributed by atoms with Gasteiger partial charge in [-0.05, 0) is 6.42 Å². The molecule has 8 heteroatoms. The number of nitrogens with one attached hydrogen (secondary N) is 1. The van der Waals surface area contributed by atoms with Crippen LogP contribution in [0, 0.1) is 0 Å². The van der Waals surface area contributed by atoms with E-state index < -0.39 is 17.3 Å². The van der Waals surface area contributed by atoms with Gasteiger partial charge in [-0.2, -0.15) is 14.6 Å². The van der Waals surface area contributed by atoms with E-state index in [0.717, 1.165) is 10.8 Å². The van der Waals surface area contributed by atoms with Gasteiger partial charge in [0.25, 0.3) is 5.56 Å². The van der Waals surface area contributed by atoms with E-state index in [2.05, 4.69) is 15.1 Å². The van der Waals surface area contributed by atoms with Crippen molar-refractivity contribution in [1.29, 1.82) is 0 Å². The summed E-state index contributed by atoms with van der Waals surface area (Å²) in [6, 6.07) is 0. The Balaban J connectivity index is 2.37. The van der Waals surface area contributed by atoms with Gasteiger partial charge in [-0.3, -0.25) is 9.78 Å². The number of rotatable bonds is 1. The highest BCUT2D eigenvalue weighted by Crippen LogP contribution is 2.37. The van der Waals surface area contributed by atoms with Crippen molar-refractivity contribution in [2.45, 2.75) is 12.8 Å². The molecule has 0 amide bonds. The van der Waals surface area contributed by atoms with E-state index in [1.807, 2.05) is 0 Å². The molecule has 0 saturated carbocycles. The van der Waals surface area contributed by atoms with Crippen molar-refractivity contribution in [3.63, 3.8) is 0 Å². The lowest BCUT2D eigenvalue weighted by Crippen LogP contribution is -2.17. The molecule has 2 N–H and O–H groups in total. The number of aromatic nitrogens is 4. The van der Waals surface area contributed by atoms with Crippen LogP contribution in [0.3, 0.4) is 0 Å². The van der Waals surface area contributed by atoms with Crippen LogP contribution in [0.15, 0.2) is 28.1 Å². The van der Waals surface area contributed by atoms with Gasteiger partial charge >= 0.3 is 0 Å². The van der Waals surface area contributed by atoms with Crippen molar-refractivity contribution in [3.05, 3.63) is 39.2 Å². The van der Waals surface area contributed by atoms with Crippen molar-refractivity contribution in [1.82, 2.24) is 19.6 Å². The second-order valence-electron chi connectivity index (χ2n) is 4.02. The highest BCUT2D eigenvalue weighted by atomic mass is 35.5. The maximum atomic E-state index is 13.9. The lowest BCUT2D eigenvalue weighted by Gasteiger charge is -2.13. The normalized spacial score (nSPS) is 16.0. The van der Waals surface area contributed by atoms with Gasteiger partial charge in [0, 0.05) is 17.0 Å². The molecule has 0 aliphatic heterocycles. The standard InChI is InChI=1S/C11H8ClFN4O2/c12-5-2-1-3-6(13)7(5)8-9(18)16-11-14-4-15-17(11)10(8)19/h2,4,19H,1,3H2,(H,14,15,16,18). The summed E-state index contributed by atoms with van der Waals surface area (Å²) in [5.41, 5.74) is -1.00. The molecule has 0 saturated heterocycles. The fourth-order valence-electron chi connectivity index (χ4n) is 2.02. The smallest absolute Gasteiger partial charge is 0.264 e. The van der Waals surface area contributed by atoms with Crippen molar-refractivity contribution in [2.75, 3.05) is 0 Å². The molecule has 2 heterocycles. The van der Waals surface area contributed by atoms with E-state index in [4.69, 9.17) is 11.6 Å². The molecule has 0 unspecified atom stereocenters. The van der Waals surface area contributed by atoms with Crippen molar-refractivity contribution in [2.24, 2.45) is 0 Å². The van der Waals surface area contributed by atoms with E-state index >= 15 is 0 Å². The number of aromatic amines is 1. The molecule has 0 bridgehead atoms. The molecule has 0 aromatic carbocycles. The topological polar surface area (TPSA) is 83.3 Å². The van der Waals surface area contributed by atoms with Gasteiger partial charge in [0.2, 0.25) is 11.7 Å². The Morgan fingerprint density at radius 3 is 3.05 bits per heavy atom. The molecule has 2 aromatic heterocycles. The second-order valence-corrected chi connectivity index (χ2v) is 4.43. The van der Waals surface area contributed by atoms with Gasteiger partial charge in [-0.1, -0.05) is 17.7 Å². The summed E-state index contributed by atoms with van der Waals surface area (Å²) in [6.45, 7) is 0. The Kier molecular flexibility index (Phi) is 2.63. The Labute approximate surface area is 110 Å². The van der Waals surface area contributed by atoms with Crippen LogP contribution in [0.25, 0.3) is 11.4 Å². The second kappa shape index (κ2) is 4.20. The van der Waals surface area contributed by atoms with Crippen LogP contribution in [0.5, 0.6) is 5.88 Å². The number of allylic oxidation sites excluding steroid dienone is 4. The van der Waals surface area contributed by atoms with Crippen LogP contribution in [0.1, 0.15) is 18.4 Å². The maximum Gasteiger partial charge on any atom is 0.264 e. The Hall–Kier alpha value is -2.15. The van der Waals surface area contributed by atoms with E-state index in [0.29, 0.717) is 6.42 Å². The molecule has 0 radical (unpaired) electrons. The Morgan fingerprint density at radius 1 is 1.53 bits per heavy atom. The molecule has 0 fully saturated rings. The zero-order chi connectivity index (χ0) is 13.6. The third-order valence-electron chi connectivity index (χ3n) is 2.87. The molecule has 19 heavy (non-hydrogen) atoms. The number of hydrogen-bond acceptors (Lipinski definition) is 4. The van der Waals surface area contributed by atoms with Gasteiger partial charge in [0.15, 0.2) is 0 Å². The molecular formula is C11H8ClFN4O2. The van der Waals surface area contributed by atoms with Crippen LogP contribution in [-0.2, 0) is 0 Å². The van der Waals surface area contributed by atoms with Gasteiger partial charge in [-0.25, -0.2) is 4.39 Å². The summed E-state index contributed by atoms with van der Waals surface area (Å²) in [4.78, 5) is 18.1. The third kappa shape index (κ3) is 1.74. The lowest BCUT2D eigenvalue weighted by molar-refractivity contribution is 0.431. The highest BCUT2D eigenvalue weighted by Gasteiger charge is 2.24. The minimum absolute atomic E-state index is 0.0724. The largest absolute Gasteiger partial charge is 0.493 e. The van der Waals surface area contributed by atoms with E-state index in [9.17, 15) is 14.3 Å². The first-order valence-electron chi connectivity index (χ1n) is 5.49. The molecule has 1 aliphatic rings. The van der Waals surface area contributed by atoms with Crippen LogP contribution in [-0.4, -0.2) is 24.7 Å². The van der Waals surface area contributed by atoms with Crippen molar-refractivity contribution in [3.8, 4) is 5.88 Å². The average Bonchev–Trinajstić information content (AvgIpc) is 2.81. The molecule has 0 spiro atoms. The first-order chi connectivity index (χ1) is 9.09. The van der Waals surface area contributed by atoms with Crippen molar-refractivity contribution >= 4 is 23.0 Å². The molecule has 1 aliphatic carbocycles. The zero-order valence-electron chi connectivity index (χ0n) is 9.52. The first-order valence-corrected chi connectivity index (χ1v) is 5.87. The molecular weight excluding hydrogens is 275 g/mol. The summed E-state index contributed by atoms with van der Waals surface area (Å²) in [6.07, 6.45) is 3.36. The Morgan fingerprint density at radius 2 is 2.32 bits per heavy atom. The summed E-state index contributed by atoms with van der Waals surface area (Å²) < 4.78 is 14.9. The van der Waals surface area contributed by atoms with E-state index in [1.165, 1.54) is 0 Å². The fraction of sp³-hybridized carbons (Fsp3) is 0.182. The predicted molar refractivity (Wildman–Crippen MR) is 66.5 cm³/mol. The average molecular weight is 283 g/mol. The molecule has 6 nitrogen and oxygen atoms in total.